The van der Waals surface area contributed by atoms with Gasteiger partial charge in [-0.25, -0.2) is 4.99 Å². The number of nitrogens with zero attached hydrogens (tertiary/aromatic N) is 4. The number of benzene rings is 1. The molecule has 2 heterocycles. The van der Waals surface area contributed by atoms with E-state index < -0.39 is 27.6 Å². The first-order valence-electron chi connectivity index (χ1n) is 10.9. The number of fused-ring (bicyclic) bond motifs is 2. The van der Waals surface area contributed by atoms with Gasteiger partial charge in [0.25, 0.3) is 11.6 Å². The molecule has 4 rings (SSSR count). The average molecular weight is 455 g/mol. The summed E-state index contributed by atoms with van der Waals surface area (Å²) in [6.07, 6.45) is 2.99. The third-order valence-electron chi connectivity index (χ3n) is 6.55. The Bertz CT molecular complexity index is 1080. The molecule has 0 bridgehead atoms. The smallest absolute Gasteiger partial charge is 0.293 e. The van der Waals surface area contributed by atoms with E-state index in [9.17, 15) is 20.6 Å². The molecular formula is C22H25N5O6. The number of nitriles is 2. The van der Waals surface area contributed by atoms with E-state index in [2.05, 4.69) is 17.1 Å². The molecule has 0 spiro atoms. The number of aliphatic imine (C=N–C) groups is 1. The lowest BCUT2D eigenvalue weighted by atomic mass is 9.93. The van der Waals surface area contributed by atoms with Gasteiger partial charge < -0.3 is 24.7 Å². The quantitative estimate of drug-likeness (QED) is 0.241. The maximum absolute atomic E-state index is 11.9. The second-order valence-electron chi connectivity index (χ2n) is 8.28. The van der Waals surface area contributed by atoms with E-state index in [4.69, 9.17) is 24.7 Å². The predicted molar refractivity (Wildman–Crippen MR) is 114 cm³/mol. The van der Waals surface area contributed by atoms with Crippen molar-refractivity contribution in [2.45, 2.75) is 51.4 Å². The molecule has 3 aliphatic rings. The number of nitro benzene ring substituents is 1. The second-order valence-corrected chi connectivity index (χ2v) is 8.28. The highest BCUT2D eigenvalue weighted by atomic mass is 16.7. The Hall–Kier alpha value is -3.41. The first-order chi connectivity index (χ1) is 15.9. The molecule has 1 aromatic rings. The Morgan fingerprint density at radius 2 is 1.79 bits per heavy atom. The molecule has 0 amide bonds. The molecule has 1 aliphatic carbocycles. The van der Waals surface area contributed by atoms with Crippen molar-refractivity contribution >= 4 is 11.5 Å². The summed E-state index contributed by atoms with van der Waals surface area (Å²) in [5.41, 5.74) is 2.76. The number of unbranched alkanes of at least 4 members (excludes halogenated alkanes) is 2. The number of nitrogens with two attached hydrogens (primary N) is 1. The fourth-order valence-electron chi connectivity index (χ4n) is 4.87. The zero-order chi connectivity index (χ0) is 23.9. The lowest BCUT2D eigenvalue weighted by molar-refractivity contribution is -0.385. The molecule has 2 aliphatic heterocycles. The van der Waals surface area contributed by atoms with Gasteiger partial charge in [0.15, 0.2) is 16.9 Å². The fraction of sp³-hybridized carbons (Fsp3) is 0.591. The maximum atomic E-state index is 11.9. The summed E-state index contributed by atoms with van der Waals surface area (Å²) < 4.78 is 22.8. The molecule has 33 heavy (non-hydrogen) atoms. The summed E-state index contributed by atoms with van der Waals surface area (Å²) in [5.74, 6) is -2.46. The van der Waals surface area contributed by atoms with Crippen molar-refractivity contribution in [1.82, 2.24) is 0 Å². The first kappa shape index (κ1) is 22.8. The molecule has 1 fully saturated rings. The Balaban J connectivity index is 1.88. The summed E-state index contributed by atoms with van der Waals surface area (Å²) in [6, 6.07) is 7.03. The minimum Gasteiger partial charge on any atom is -0.454 e. The normalized spacial score (nSPS) is 27.9. The van der Waals surface area contributed by atoms with Crippen LogP contribution in [0.3, 0.4) is 0 Å². The third kappa shape index (κ3) is 2.89. The van der Waals surface area contributed by atoms with Crippen molar-refractivity contribution in [3.05, 3.63) is 27.8 Å². The van der Waals surface area contributed by atoms with E-state index in [1.165, 1.54) is 12.1 Å². The van der Waals surface area contributed by atoms with Crippen LogP contribution in [0.5, 0.6) is 11.5 Å². The Kier molecular flexibility index (Phi) is 5.64. The maximum Gasteiger partial charge on any atom is 0.293 e. The van der Waals surface area contributed by atoms with Crippen molar-refractivity contribution in [2.75, 3.05) is 20.0 Å². The summed E-state index contributed by atoms with van der Waals surface area (Å²) in [6.45, 7) is 4.33. The number of nitro groups is 1. The topological polar surface area (TPSA) is 166 Å². The van der Waals surface area contributed by atoms with Crippen molar-refractivity contribution in [3.8, 4) is 23.6 Å². The van der Waals surface area contributed by atoms with Crippen LogP contribution >= 0.6 is 0 Å². The average Bonchev–Trinajstić information content (AvgIpc) is 3.04. The van der Waals surface area contributed by atoms with Crippen LogP contribution in [-0.4, -0.2) is 36.7 Å². The molecule has 0 radical (unpaired) electrons. The monoisotopic (exact) mass is 455 g/mol. The van der Waals surface area contributed by atoms with Gasteiger partial charge in [-0.3, -0.25) is 10.1 Å². The molecule has 2 N–H and O–H groups in total. The van der Waals surface area contributed by atoms with Crippen LogP contribution in [0, 0.1) is 43.6 Å². The highest BCUT2D eigenvalue weighted by Gasteiger charge is 2.94. The van der Waals surface area contributed by atoms with Gasteiger partial charge in [-0.05, 0) is 18.9 Å². The van der Waals surface area contributed by atoms with Crippen molar-refractivity contribution < 1.29 is 23.9 Å². The summed E-state index contributed by atoms with van der Waals surface area (Å²) >= 11 is 0. The van der Waals surface area contributed by atoms with Gasteiger partial charge in [0.2, 0.25) is 6.79 Å². The van der Waals surface area contributed by atoms with E-state index in [1.807, 2.05) is 13.8 Å². The number of hydrogen-bond acceptors (Lipinski definition) is 10. The van der Waals surface area contributed by atoms with Crippen LogP contribution in [-0.2, 0) is 9.47 Å². The molecular weight excluding hydrogens is 430 g/mol. The number of amidine groups is 1. The molecule has 174 valence electrons. The van der Waals surface area contributed by atoms with Crippen molar-refractivity contribution in [3.63, 3.8) is 0 Å². The second kappa shape index (κ2) is 8.18. The minimum atomic E-state index is -1.85. The van der Waals surface area contributed by atoms with Crippen LogP contribution in [0.15, 0.2) is 17.1 Å². The Labute approximate surface area is 190 Å². The van der Waals surface area contributed by atoms with E-state index in [0.29, 0.717) is 18.6 Å². The molecule has 3 unspecified atom stereocenters. The van der Waals surface area contributed by atoms with Crippen LogP contribution in [0.25, 0.3) is 0 Å². The standard InChI is InChI=1S/C22H25N5O6/c1-3-5-7-32-22(33-8-6-4-2)21(12-24)18(20(21,11-23)19(25)26-22)14-9-16-17(31-13-30-16)10-15(14)27(28)29/h9-10,18H,3-8,13H2,1-2H3,(H2,25,26). The molecule has 0 aromatic heterocycles. The van der Waals surface area contributed by atoms with Gasteiger partial charge in [-0.2, -0.15) is 10.5 Å². The van der Waals surface area contributed by atoms with Gasteiger partial charge in [-0.1, -0.05) is 26.7 Å². The highest BCUT2D eigenvalue weighted by Crippen LogP contribution is 2.82. The Morgan fingerprint density at radius 1 is 1.18 bits per heavy atom. The third-order valence-corrected chi connectivity index (χ3v) is 6.55. The van der Waals surface area contributed by atoms with E-state index >= 15 is 0 Å². The minimum absolute atomic E-state index is 0.0822. The summed E-state index contributed by atoms with van der Waals surface area (Å²) in [5, 5.41) is 32.7. The molecule has 11 heteroatoms. The van der Waals surface area contributed by atoms with Gasteiger partial charge in [0, 0.05) is 11.5 Å². The fourth-order valence-corrected chi connectivity index (χ4v) is 4.87. The van der Waals surface area contributed by atoms with E-state index in [-0.39, 0.29) is 42.8 Å². The van der Waals surface area contributed by atoms with Crippen molar-refractivity contribution in [2.24, 2.45) is 21.6 Å². The lowest BCUT2D eigenvalue weighted by Crippen LogP contribution is -2.44. The van der Waals surface area contributed by atoms with Crippen LogP contribution in [0.1, 0.15) is 51.0 Å². The van der Waals surface area contributed by atoms with E-state index in [1.54, 1.807) is 0 Å². The number of hydrogen-bond donors (Lipinski definition) is 1. The Morgan fingerprint density at radius 3 is 2.30 bits per heavy atom. The zero-order valence-electron chi connectivity index (χ0n) is 18.5. The molecule has 3 atom stereocenters. The molecule has 0 saturated heterocycles. The molecule has 1 saturated carbocycles. The summed E-state index contributed by atoms with van der Waals surface area (Å²) in [4.78, 5) is 15.7. The first-order valence-corrected chi connectivity index (χ1v) is 10.9. The van der Waals surface area contributed by atoms with Crippen LogP contribution in [0.2, 0.25) is 0 Å². The number of rotatable bonds is 10. The largest absolute Gasteiger partial charge is 0.454 e. The molecule has 11 nitrogen and oxygen atoms in total. The molecule has 1 aromatic carbocycles. The van der Waals surface area contributed by atoms with Gasteiger partial charge in [-0.15, -0.1) is 0 Å². The van der Waals surface area contributed by atoms with Crippen LogP contribution in [0.4, 0.5) is 5.69 Å². The number of ether oxygens (including phenoxy) is 4. The SMILES string of the molecule is CCCCOC1(OCCCC)N=C(N)C2(C#N)C(c3cc4c(cc3[N+](=O)[O-])OCO4)C12C#N. The van der Waals surface area contributed by atoms with Gasteiger partial charge >= 0.3 is 0 Å². The highest BCUT2D eigenvalue weighted by molar-refractivity contribution is 6.00. The van der Waals surface area contributed by atoms with Crippen molar-refractivity contribution in [1.29, 1.82) is 10.5 Å². The van der Waals surface area contributed by atoms with E-state index in [0.717, 1.165) is 12.8 Å². The van der Waals surface area contributed by atoms with Gasteiger partial charge in [0.05, 0.1) is 36.3 Å². The predicted octanol–water partition coefficient (Wildman–Crippen LogP) is 3.10. The lowest BCUT2D eigenvalue weighted by Gasteiger charge is -2.32. The van der Waals surface area contributed by atoms with Crippen LogP contribution < -0.4 is 15.2 Å². The zero-order valence-corrected chi connectivity index (χ0v) is 18.5. The van der Waals surface area contributed by atoms with Gasteiger partial charge in [0.1, 0.15) is 11.3 Å². The summed E-state index contributed by atoms with van der Waals surface area (Å²) in [7, 11) is 0.